The maximum atomic E-state index is 3.54. The van der Waals surface area contributed by atoms with Crippen molar-refractivity contribution in [2.24, 2.45) is 23.7 Å². The smallest absolute Gasteiger partial charge is 0.0385 e. The second-order valence-corrected chi connectivity index (χ2v) is 12.3. The monoisotopic (exact) mass is 514 g/mol. The molecule has 0 aliphatic rings. The molecule has 0 aromatic heterocycles. The molecule has 0 spiro atoms. The summed E-state index contributed by atoms with van der Waals surface area (Å²) in [6.45, 7) is 22.6. The molecule has 3 aromatic carbocycles. The first-order valence-electron chi connectivity index (χ1n) is 14.4. The van der Waals surface area contributed by atoms with Crippen molar-refractivity contribution < 1.29 is 0 Å². The Morgan fingerprint density at radius 2 is 0.605 bits per heavy atom. The van der Waals surface area contributed by atoms with Gasteiger partial charge in [0.2, 0.25) is 0 Å². The molecule has 4 nitrogen and oxygen atoms in total. The maximum absolute atomic E-state index is 3.54. The van der Waals surface area contributed by atoms with Gasteiger partial charge >= 0.3 is 0 Å². The lowest BCUT2D eigenvalue weighted by molar-refractivity contribution is 0.552. The predicted octanol–water partition coefficient (Wildman–Crippen LogP) is 9.41. The lowest BCUT2D eigenvalue weighted by Gasteiger charge is -2.28. The average molecular weight is 515 g/mol. The summed E-state index contributed by atoms with van der Waals surface area (Å²) in [5, 5.41) is 7.08. The van der Waals surface area contributed by atoms with Gasteiger partial charge in [-0.1, -0.05) is 55.4 Å². The highest BCUT2D eigenvalue weighted by molar-refractivity contribution is 5.68. The fourth-order valence-corrected chi connectivity index (χ4v) is 4.82. The van der Waals surface area contributed by atoms with Crippen LogP contribution in [0.3, 0.4) is 0 Å². The average Bonchev–Trinajstić information content (AvgIpc) is 2.84. The van der Waals surface area contributed by atoms with Gasteiger partial charge in [0.05, 0.1) is 0 Å². The molecular formula is C34H50N4. The SMILES string of the molecule is CC(C)CN(CC(C)C)c1ccc(Nc2ccc(Nc3ccc(N(CC(C)C)CC(C)C)cc3)cc2)cc1. The Bertz CT molecular complexity index is 958. The normalized spacial score (nSPS) is 11.5. The number of hydrogen-bond acceptors (Lipinski definition) is 4. The van der Waals surface area contributed by atoms with Crippen molar-refractivity contribution in [1.29, 1.82) is 0 Å². The van der Waals surface area contributed by atoms with E-state index in [2.05, 4.69) is 149 Å². The van der Waals surface area contributed by atoms with Crippen LogP contribution in [0.4, 0.5) is 34.1 Å². The summed E-state index contributed by atoms with van der Waals surface area (Å²) in [6, 6.07) is 26.2. The second-order valence-electron chi connectivity index (χ2n) is 12.3. The lowest BCUT2D eigenvalue weighted by Crippen LogP contribution is -2.31. The minimum absolute atomic E-state index is 0.640. The van der Waals surface area contributed by atoms with E-state index in [9.17, 15) is 0 Å². The Hall–Kier alpha value is -3.14. The number of hydrogen-bond donors (Lipinski definition) is 2. The zero-order valence-corrected chi connectivity index (χ0v) is 25.0. The lowest BCUT2D eigenvalue weighted by atomic mass is 10.1. The van der Waals surface area contributed by atoms with Gasteiger partial charge < -0.3 is 20.4 Å². The Kier molecular flexibility index (Phi) is 10.9. The zero-order chi connectivity index (χ0) is 27.7. The molecule has 0 amide bonds. The van der Waals surface area contributed by atoms with Crippen LogP contribution in [-0.2, 0) is 0 Å². The maximum Gasteiger partial charge on any atom is 0.0385 e. The third kappa shape index (κ3) is 9.63. The molecule has 38 heavy (non-hydrogen) atoms. The molecule has 0 radical (unpaired) electrons. The molecule has 0 atom stereocenters. The summed E-state index contributed by atoms with van der Waals surface area (Å²) in [6.07, 6.45) is 0. The Morgan fingerprint density at radius 3 is 0.816 bits per heavy atom. The fourth-order valence-electron chi connectivity index (χ4n) is 4.82. The van der Waals surface area contributed by atoms with Crippen LogP contribution in [0, 0.1) is 23.7 Å². The molecule has 3 rings (SSSR count). The Balaban J connectivity index is 1.60. The van der Waals surface area contributed by atoms with Gasteiger partial charge in [-0.2, -0.15) is 0 Å². The molecule has 0 bridgehead atoms. The molecular weight excluding hydrogens is 464 g/mol. The van der Waals surface area contributed by atoms with E-state index < -0.39 is 0 Å². The van der Waals surface area contributed by atoms with E-state index in [-0.39, 0.29) is 0 Å². The van der Waals surface area contributed by atoms with E-state index in [4.69, 9.17) is 0 Å². The van der Waals surface area contributed by atoms with Gasteiger partial charge in [0.1, 0.15) is 0 Å². The quantitative estimate of drug-likeness (QED) is 0.224. The van der Waals surface area contributed by atoms with Crippen molar-refractivity contribution in [3.63, 3.8) is 0 Å². The molecule has 4 heteroatoms. The number of anilines is 6. The second kappa shape index (κ2) is 14.1. The summed E-state index contributed by atoms with van der Waals surface area (Å²) < 4.78 is 0. The molecule has 0 saturated heterocycles. The van der Waals surface area contributed by atoms with Crippen molar-refractivity contribution >= 4 is 34.1 Å². The van der Waals surface area contributed by atoms with Crippen molar-refractivity contribution in [3.8, 4) is 0 Å². The Labute approximate surface area is 232 Å². The van der Waals surface area contributed by atoms with E-state index in [0.29, 0.717) is 23.7 Å². The van der Waals surface area contributed by atoms with Crippen molar-refractivity contribution in [3.05, 3.63) is 72.8 Å². The van der Waals surface area contributed by atoms with E-state index in [0.717, 1.165) is 48.9 Å². The summed E-state index contributed by atoms with van der Waals surface area (Å²) >= 11 is 0. The molecule has 0 unspecified atom stereocenters. The molecule has 0 aliphatic carbocycles. The highest BCUT2D eigenvalue weighted by Crippen LogP contribution is 2.26. The zero-order valence-electron chi connectivity index (χ0n) is 25.0. The third-order valence-corrected chi connectivity index (χ3v) is 6.27. The fraction of sp³-hybridized carbons (Fsp3) is 0.471. The third-order valence-electron chi connectivity index (χ3n) is 6.27. The molecule has 0 saturated carbocycles. The van der Waals surface area contributed by atoms with Crippen LogP contribution in [-0.4, -0.2) is 26.2 Å². The Morgan fingerprint density at radius 1 is 0.395 bits per heavy atom. The van der Waals surface area contributed by atoms with Gasteiger partial charge in [-0.05, 0) is 96.5 Å². The summed E-state index contributed by atoms with van der Waals surface area (Å²) in [5.74, 6) is 2.56. The number of benzene rings is 3. The van der Waals surface area contributed by atoms with Gasteiger partial charge in [0, 0.05) is 60.3 Å². The topological polar surface area (TPSA) is 30.5 Å². The van der Waals surface area contributed by atoms with Crippen LogP contribution >= 0.6 is 0 Å². The molecule has 206 valence electrons. The van der Waals surface area contributed by atoms with Gasteiger partial charge in [-0.25, -0.2) is 0 Å². The van der Waals surface area contributed by atoms with Crippen LogP contribution in [0.15, 0.2) is 72.8 Å². The minimum atomic E-state index is 0.640. The van der Waals surface area contributed by atoms with Gasteiger partial charge in [-0.15, -0.1) is 0 Å². The highest BCUT2D eigenvalue weighted by atomic mass is 15.1. The largest absolute Gasteiger partial charge is 0.371 e. The first-order chi connectivity index (χ1) is 18.1. The summed E-state index contributed by atoms with van der Waals surface area (Å²) in [4.78, 5) is 5.00. The summed E-state index contributed by atoms with van der Waals surface area (Å²) in [5.41, 5.74) is 6.95. The number of nitrogens with zero attached hydrogens (tertiary/aromatic N) is 2. The van der Waals surface area contributed by atoms with Crippen LogP contribution in [0.5, 0.6) is 0 Å². The molecule has 3 aromatic rings. The molecule has 0 aliphatic heterocycles. The number of nitrogens with one attached hydrogen (secondary N) is 2. The minimum Gasteiger partial charge on any atom is -0.371 e. The molecule has 2 N–H and O–H groups in total. The first kappa shape index (κ1) is 29.4. The predicted molar refractivity (Wildman–Crippen MR) is 170 cm³/mol. The van der Waals surface area contributed by atoms with Crippen LogP contribution in [0.1, 0.15) is 55.4 Å². The van der Waals surface area contributed by atoms with E-state index in [1.807, 2.05) is 0 Å². The highest BCUT2D eigenvalue weighted by Gasteiger charge is 2.12. The van der Waals surface area contributed by atoms with Gasteiger partial charge in [0.25, 0.3) is 0 Å². The number of rotatable bonds is 14. The molecule has 0 heterocycles. The van der Waals surface area contributed by atoms with Crippen molar-refractivity contribution in [2.75, 3.05) is 46.6 Å². The standard InChI is InChI=1S/C34H50N4/c1-25(2)21-37(22-26(3)4)33-17-13-31(14-18-33)35-29-9-11-30(12-10-29)36-32-15-19-34(20-16-32)38(23-27(5)6)24-28(7)8/h9-20,25-28,35-36H,21-24H2,1-8H3. The van der Waals surface area contributed by atoms with Crippen LogP contribution in [0.25, 0.3) is 0 Å². The van der Waals surface area contributed by atoms with Crippen LogP contribution < -0.4 is 20.4 Å². The first-order valence-corrected chi connectivity index (χ1v) is 14.4. The van der Waals surface area contributed by atoms with Gasteiger partial charge in [0.15, 0.2) is 0 Å². The van der Waals surface area contributed by atoms with Gasteiger partial charge in [-0.3, -0.25) is 0 Å². The van der Waals surface area contributed by atoms with E-state index in [1.54, 1.807) is 0 Å². The van der Waals surface area contributed by atoms with Crippen molar-refractivity contribution in [1.82, 2.24) is 0 Å². The van der Waals surface area contributed by atoms with E-state index in [1.165, 1.54) is 11.4 Å². The van der Waals surface area contributed by atoms with E-state index >= 15 is 0 Å². The summed E-state index contributed by atoms with van der Waals surface area (Å²) in [7, 11) is 0. The van der Waals surface area contributed by atoms with Crippen molar-refractivity contribution in [2.45, 2.75) is 55.4 Å². The molecule has 0 fully saturated rings. The van der Waals surface area contributed by atoms with Crippen LogP contribution in [0.2, 0.25) is 0 Å².